The first kappa shape index (κ1) is 12.6. The van der Waals surface area contributed by atoms with E-state index >= 15 is 0 Å². The molecule has 0 fully saturated rings. The SMILES string of the molecule is CC(C)SCC(=O)Cc1nc2ccccc2s1. The first-order valence-electron chi connectivity index (χ1n) is 5.63. The van der Waals surface area contributed by atoms with Crippen LogP contribution in [0.4, 0.5) is 0 Å². The topological polar surface area (TPSA) is 30.0 Å². The number of benzene rings is 1. The summed E-state index contributed by atoms with van der Waals surface area (Å²) in [6, 6.07) is 8.01. The summed E-state index contributed by atoms with van der Waals surface area (Å²) < 4.78 is 1.16. The lowest BCUT2D eigenvalue weighted by atomic mass is 10.3. The molecule has 0 saturated heterocycles. The van der Waals surface area contributed by atoms with E-state index in [1.165, 1.54) is 0 Å². The Morgan fingerprint density at radius 2 is 2.18 bits per heavy atom. The van der Waals surface area contributed by atoms with Gasteiger partial charge in [-0.2, -0.15) is 11.8 Å². The number of fused-ring (bicyclic) bond motifs is 1. The number of ketones is 1. The third kappa shape index (κ3) is 3.54. The number of para-hydroxylation sites is 1. The second kappa shape index (κ2) is 5.65. The Morgan fingerprint density at radius 3 is 2.88 bits per heavy atom. The van der Waals surface area contributed by atoms with Gasteiger partial charge in [-0.15, -0.1) is 11.3 Å². The van der Waals surface area contributed by atoms with E-state index in [0.29, 0.717) is 17.4 Å². The predicted octanol–water partition coefficient (Wildman–Crippen LogP) is 3.55. The van der Waals surface area contributed by atoms with Crippen molar-refractivity contribution in [3.8, 4) is 0 Å². The molecule has 0 saturated carbocycles. The van der Waals surface area contributed by atoms with E-state index < -0.39 is 0 Å². The van der Waals surface area contributed by atoms with Crippen molar-refractivity contribution in [3.05, 3.63) is 29.3 Å². The van der Waals surface area contributed by atoms with Gasteiger partial charge in [-0.1, -0.05) is 26.0 Å². The Bertz CT molecular complexity index is 486. The smallest absolute Gasteiger partial charge is 0.149 e. The van der Waals surface area contributed by atoms with Gasteiger partial charge in [-0.05, 0) is 17.4 Å². The highest BCUT2D eigenvalue weighted by Gasteiger charge is 2.09. The van der Waals surface area contributed by atoms with Crippen LogP contribution in [0.1, 0.15) is 18.9 Å². The van der Waals surface area contributed by atoms with Gasteiger partial charge in [0.05, 0.1) is 22.4 Å². The van der Waals surface area contributed by atoms with Crippen LogP contribution < -0.4 is 0 Å². The first-order valence-corrected chi connectivity index (χ1v) is 7.49. The van der Waals surface area contributed by atoms with Crippen LogP contribution in [0.3, 0.4) is 0 Å². The molecule has 0 unspecified atom stereocenters. The monoisotopic (exact) mass is 265 g/mol. The molecule has 90 valence electrons. The molecule has 1 aromatic carbocycles. The minimum atomic E-state index is 0.266. The van der Waals surface area contributed by atoms with Crippen molar-refractivity contribution in [1.29, 1.82) is 0 Å². The van der Waals surface area contributed by atoms with Gasteiger partial charge in [0.1, 0.15) is 10.8 Å². The highest BCUT2D eigenvalue weighted by Crippen LogP contribution is 2.22. The molecular weight excluding hydrogens is 250 g/mol. The molecule has 2 nitrogen and oxygen atoms in total. The number of Topliss-reactive ketones (excluding diaryl/α,β-unsaturated/α-hetero) is 1. The van der Waals surface area contributed by atoms with E-state index in [9.17, 15) is 4.79 Å². The number of thiazole rings is 1. The normalized spacial score (nSPS) is 11.2. The molecule has 1 heterocycles. The molecule has 0 aliphatic rings. The molecule has 2 aromatic rings. The van der Waals surface area contributed by atoms with Crippen LogP contribution in [0.2, 0.25) is 0 Å². The first-order chi connectivity index (χ1) is 8.15. The fraction of sp³-hybridized carbons (Fsp3) is 0.385. The molecule has 0 N–H and O–H groups in total. The predicted molar refractivity (Wildman–Crippen MR) is 75.9 cm³/mol. The molecule has 0 spiro atoms. The van der Waals surface area contributed by atoms with Crippen molar-refractivity contribution in [2.24, 2.45) is 0 Å². The summed E-state index contributed by atoms with van der Waals surface area (Å²) in [5, 5.41) is 1.44. The Hall–Kier alpha value is -0.870. The van der Waals surface area contributed by atoms with E-state index in [-0.39, 0.29) is 5.78 Å². The molecule has 1 aromatic heterocycles. The van der Waals surface area contributed by atoms with Crippen LogP contribution in [-0.2, 0) is 11.2 Å². The highest BCUT2D eigenvalue weighted by atomic mass is 32.2. The summed E-state index contributed by atoms with van der Waals surface area (Å²) in [5.74, 6) is 0.857. The Kier molecular flexibility index (Phi) is 4.18. The Balaban J connectivity index is 2.01. The molecule has 0 atom stereocenters. The second-order valence-corrected chi connectivity index (χ2v) is 6.83. The van der Waals surface area contributed by atoms with E-state index in [1.54, 1.807) is 23.1 Å². The highest BCUT2D eigenvalue weighted by molar-refractivity contribution is 8.00. The van der Waals surface area contributed by atoms with Crippen molar-refractivity contribution in [3.63, 3.8) is 0 Å². The third-order valence-corrected chi connectivity index (χ3v) is 4.46. The van der Waals surface area contributed by atoms with E-state index in [1.807, 2.05) is 24.3 Å². The quantitative estimate of drug-likeness (QED) is 0.828. The molecular formula is C13H15NOS2. The number of nitrogens with zero attached hydrogens (tertiary/aromatic N) is 1. The number of aromatic nitrogens is 1. The van der Waals surface area contributed by atoms with Crippen molar-refractivity contribution >= 4 is 39.1 Å². The lowest BCUT2D eigenvalue weighted by Crippen LogP contribution is -2.07. The number of rotatable bonds is 5. The molecule has 2 rings (SSSR count). The van der Waals surface area contributed by atoms with Gasteiger partial charge in [0.15, 0.2) is 0 Å². The standard InChI is InChI=1S/C13H15NOS2/c1-9(2)16-8-10(15)7-13-14-11-5-3-4-6-12(11)17-13/h3-6,9H,7-8H2,1-2H3. The fourth-order valence-corrected chi connectivity index (χ4v) is 3.09. The van der Waals surface area contributed by atoms with Crippen molar-refractivity contribution < 1.29 is 4.79 Å². The van der Waals surface area contributed by atoms with Crippen molar-refractivity contribution in [1.82, 2.24) is 4.98 Å². The zero-order valence-electron chi connectivity index (χ0n) is 9.97. The molecule has 4 heteroatoms. The molecule has 0 aliphatic carbocycles. The maximum Gasteiger partial charge on any atom is 0.149 e. The summed E-state index contributed by atoms with van der Waals surface area (Å²) in [4.78, 5) is 16.2. The lowest BCUT2D eigenvalue weighted by molar-refractivity contribution is -0.116. The minimum Gasteiger partial charge on any atom is -0.298 e. The largest absolute Gasteiger partial charge is 0.298 e. The number of thioether (sulfide) groups is 1. The molecule has 0 radical (unpaired) electrons. The number of hydrogen-bond donors (Lipinski definition) is 0. The number of carbonyl (C=O) groups is 1. The van der Waals surface area contributed by atoms with E-state index in [4.69, 9.17) is 0 Å². The van der Waals surface area contributed by atoms with Crippen LogP contribution in [0.25, 0.3) is 10.2 Å². The van der Waals surface area contributed by atoms with Gasteiger partial charge in [0.2, 0.25) is 0 Å². The van der Waals surface area contributed by atoms with Crippen LogP contribution in [0, 0.1) is 0 Å². The molecule has 17 heavy (non-hydrogen) atoms. The maximum atomic E-state index is 11.7. The van der Waals surface area contributed by atoms with Crippen LogP contribution in [0.5, 0.6) is 0 Å². The average Bonchev–Trinajstić information content (AvgIpc) is 2.68. The number of hydrogen-bond acceptors (Lipinski definition) is 4. The molecule has 0 bridgehead atoms. The van der Waals surface area contributed by atoms with Gasteiger partial charge in [0.25, 0.3) is 0 Å². The van der Waals surface area contributed by atoms with E-state index in [0.717, 1.165) is 15.2 Å². The fourth-order valence-electron chi connectivity index (χ4n) is 1.47. The van der Waals surface area contributed by atoms with Crippen LogP contribution in [0.15, 0.2) is 24.3 Å². The second-order valence-electron chi connectivity index (χ2n) is 4.15. The van der Waals surface area contributed by atoms with Crippen LogP contribution >= 0.6 is 23.1 Å². The third-order valence-electron chi connectivity index (χ3n) is 2.26. The van der Waals surface area contributed by atoms with Gasteiger partial charge in [-0.25, -0.2) is 4.98 Å². The minimum absolute atomic E-state index is 0.266. The lowest BCUT2D eigenvalue weighted by Gasteiger charge is -2.02. The van der Waals surface area contributed by atoms with Crippen molar-refractivity contribution in [2.45, 2.75) is 25.5 Å². The van der Waals surface area contributed by atoms with Crippen molar-refractivity contribution in [2.75, 3.05) is 5.75 Å². The Labute approximate surface area is 109 Å². The van der Waals surface area contributed by atoms with Gasteiger partial charge < -0.3 is 0 Å². The average molecular weight is 265 g/mol. The van der Waals surface area contributed by atoms with Gasteiger partial charge >= 0.3 is 0 Å². The molecule has 0 amide bonds. The number of carbonyl (C=O) groups excluding carboxylic acids is 1. The molecule has 0 aliphatic heterocycles. The summed E-state index contributed by atoms with van der Waals surface area (Å²) in [7, 11) is 0. The zero-order valence-corrected chi connectivity index (χ0v) is 11.6. The zero-order chi connectivity index (χ0) is 12.3. The summed E-state index contributed by atoms with van der Waals surface area (Å²) in [6.45, 7) is 4.21. The van der Waals surface area contributed by atoms with Gasteiger partial charge in [0, 0.05) is 0 Å². The summed E-state index contributed by atoms with van der Waals surface area (Å²) in [6.07, 6.45) is 0.471. The summed E-state index contributed by atoms with van der Waals surface area (Å²) >= 11 is 3.31. The van der Waals surface area contributed by atoms with Crippen LogP contribution in [-0.4, -0.2) is 21.8 Å². The maximum absolute atomic E-state index is 11.7. The summed E-state index contributed by atoms with van der Waals surface area (Å²) in [5.41, 5.74) is 0.997. The Morgan fingerprint density at radius 1 is 1.41 bits per heavy atom. The van der Waals surface area contributed by atoms with E-state index in [2.05, 4.69) is 18.8 Å². The van der Waals surface area contributed by atoms with Gasteiger partial charge in [-0.3, -0.25) is 4.79 Å².